The van der Waals surface area contributed by atoms with Gasteiger partial charge in [-0.25, -0.2) is 4.98 Å². The molecule has 0 saturated carbocycles. The Bertz CT molecular complexity index is 621. The Labute approximate surface area is 125 Å². The maximum Gasteiger partial charge on any atom is 0.136 e. The zero-order chi connectivity index (χ0) is 14.2. The number of fused-ring (bicyclic) bond motifs is 1. The number of aromatic nitrogens is 1. The zero-order valence-electron chi connectivity index (χ0n) is 12.2. The summed E-state index contributed by atoms with van der Waals surface area (Å²) in [7, 11) is 0. The van der Waals surface area contributed by atoms with Crippen LogP contribution in [-0.4, -0.2) is 18.1 Å². The van der Waals surface area contributed by atoms with Crippen LogP contribution in [0.4, 0.5) is 5.82 Å². The number of alkyl halides is 1. The van der Waals surface area contributed by atoms with E-state index in [0.717, 1.165) is 24.6 Å². The summed E-state index contributed by atoms with van der Waals surface area (Å²) >= 11 is 6.01. The molecule has 1 aliphatic rings. The smallest absolute Gasteiger partial charge is 0.136 e. The van der Waals surface area contributed by atoms with Crippen LogP contribution in [0.3, 0.4) is 0 Å². The summed E-state index contributed by atoms with van der Waals surface area (Å²) in [6.07, 6.45) is 2.52. The fourth-order valence-corrected chi connectivity index (χ4v) is 3.29. The molecule has 0 bridgehead atoms. The summed E-state index contributed by atoms with van der Waals surface area (Å²) in [6, 6.07) is 10.6. The van der Waals surface area contributed by atoms with Gasteiger partial charge in [0, 0.05) is 18.5 Å². The van der Waals surface area contributed by atoms with Crippen molar-refractivity contribution in [3.63, 3.8) is 0 Å². The van der Waals surface area contributed by atoms with Crippen molar-refractivity contribution in [3.8, 4) is 0 Å². The van der Waals surface area contributed by atoms with E-state index in [0.29, 0.717) is 11.3 Å². The molecule has 0 spiro atoms. The van der Waals surface area contributed by atoms with Crippen molar-refractivity contribution in [2.24, 2.45) is 5.41 Å². The van der Waals surface area contributed by atoms with Crippen molar-refractivity contribution < 1.29 is 0 Å². The summed E-state index contributed by atoms with van der Waals surface area (Å²) in [6.45, 7) is 6.83. The third-order valence-corrected chi connectivity index (χ3v) is 4.38. The lowest BCUT2D eigenvalue weighted by Crippen LogP contribution is -2.40. The molecule has 1 aromatic heterocycles. The van der Waals surface area contributed by atoms with Crippen LogP contribution in [-0.2, 0) is 5.88 Å². The molecule has 2 nitrogen and oxygen atoms in total. The number of nitrogens with zero attached hydrogens (tertiary/aromatic N) is 2. The highest BCUT2D eigenvalue weighted by molar-refractivity contribution is 6.17. The third-order valence-electron chi connectivity index (χ3n) is 4.11. The fourth-order valence-electron chi connectivity index (χ4n) is 3.15. The molecule has 1 aliphatic heterocycles. The Balaban J connectivity index is 2.09. The van der Waals surface area contributed by atoms with Crippen molar-refractivity contribution in [2.75, 3.05) is 18.0 Å². The van der Waals surface area contributed by atoms with E-state index in [2.05, 4.69) is 49.1 Å². The minimum Gasteiger partial charge on any atom is -0.356 e. The molecule has 1 saturated heterocycles. The molecular weight excluding hydrogens is 268 g/mol. The van der Waals surface area contributed by atoms with Gasteiger partial charge in [-0.05, 0) is 29.7 Å². The molecule has 20 heavy (non-hydrogen) atoms. The van der Waals surface area contributed by atoms with Crippen LogP contribution in [0.2, 0.25) is 0 Å². The quantitative estimate of drug-likeness (QED) is 0.751. The highest BCUT2D eigenvalue weighted by atomic mass is 35.5. The molecule has 1 aromatic carbocycles. The Morgan fingerprint density at radius 3 is 2.85 bits per heavy atom. The highest BCUT2D eigenvalue weighted by Crippen LogP contribution is 2.34. The first-order chi connectivity index (χ1) is 9.59. The number of piperidine rings is 1. The van der Waals surface area contributed by atoms with Gasteiger partial charge in [-0.15, -0.1) is 11.6 Å². The lowest BCUT2D eigenvalue weighted by Gasteiger charge is -2.39. The molecule has 0 N–H and O–H groups in total. The Kier molecular flexibility index (Phi) is 3.59. The molecule has 0 amide bonds. The largest absolute Gasteiger partial charge is 0.356 e. The van der Waals surface area contributed by atoms with Crippen LogP contribution in [0, 0.1) is 5.41 Å². The molecule has 106 valence electrons. The molecule has 3 rings (SSSR count). The second-order valence-corrected chi connectivity index (χ2v) is 6.75. The summed E-state index contributed by atoms with van der Waals surface area (Å²) in [5.74, 6) is 1.57. The first-order valence-corrected chi connectivity index (χ1v) is 7.82. The summed E-state index contributed by atoms with van der Waals surface area (Å²) in [5, 5.41) is 2.47. The maximum atomic E-state index is 6.01. The second kappa shape index (κ2) is 5.25. The van der Waals surface area contributed by atoms with Crippen molar-refractivity contribution in [2.45, 2.75) is 32.6 Å². The van der Waals surface area contributed by atoms with Gasteiger partial charge in [0.05, 0.1) is 11.6 Å². The molecular formula is C17H21ClN2. The number of halogens is 1. The van der Waals surface area contributed by atoms with Crippen molar-refractivity contribution in [1.29, 1.82) is 0 Å². The van der Waals surface area contributed by atoms with Crippen LogP contribution in [0.25, 0.3) is 10.8 Å². The number of hydrogen-bond donors (Lipinski definition) is 0. The van der Waals surface area contributed by atoms with E-state index in [1.165, 1.54) is 23.6 Å². The van der Waals surface area contributed by atoms with Crippen LogP contribution >= 0.6 is 11.6 Å². The Hall–Kier alpha value is -1.28. The van der Waals surface area contributed by atoms with Crippen molar-refractivity contribution in [1.82, 2.24) is 4.98 Å². The monoisotopic (exact) mass is 288 g/mol. The number of anilines is 1. The van der Waals surface area contributed by atoms with Gasteiger partial charge in [-0.2, -0.15) is 0 Å². The number of benzene rings is 1. The minimum atomic E-state index is 0.359. The fraction of sp³-hybridized carbons (Fsp3) is 0.471. The average Bonchev–Trinajstić information content (AvgIpc) is 2.45. The number of hydrogen-bond acceptors (Lipinski definition) is 2. The summed E-state index contributed by atoms with van der Waals surface area (Å²) < 4.78 is 0. The Morgan fingerprint density at radius 2 is 2.10 bits per heavy atom. The molecule has 3 heteroatoms. The third kappa shape index (κ3) is 2.62. The predicted molar refractivity (Wildman–Crippen MR) is 86.5 cm³/mol. The van der Waals surface area contributed by atoms with Crippen molar-refractivity contribution in [3.05, 3.63) is 36.0 Å². The first kappa shape index (κ1) is 13.7. The highest BCUT2D eigenvalue weighted by Gasteiger charge is 2.28. The maximum absolute atomic E-state index is 6.01. The standard InChI is InChI=1S/C17H21ClN2/c1-17(2)8-5-9-20(12-17)16-15-7-4-3-6-13(15)10-14(11-18)19-16/h3-4,6-7,10H,5,8-9,11-12H2,1-2H3. The zero-order valence-corrected chi connectivity index (χ0v) is 13.0. The van der Waals surface area contributed by atoms with Crippen LogP contribution in [0.1, 0.15) is 32.4 Å². The lowest BCUT2D eigenvalue weighted by molar-refractivity contribution is 0.292. The predicted octanol–water partition coefficient (Wildman–Crippen LogP) is 4.60. The molecule has 2 aromatic rings. The van der Waals surface area contributed by atoms with Gasteiger partial charge in [-0.3, -0.25) is 0 Å². The van der Waals surface area contributed by atoms with Crippen LogP contribution in [0.5, 0.6) is 0 Å². The van der Waals surface area contributed by atoms with Gasteiger partial charge < -0.3 is 4.90 Å². The molecule has 1 fully saturated rings. The van der Waals surface area contributed by atoms with E-state index >= 15 is 0 Å². The van der Waals surface area contributed by atoms with Gasteiger partial charge in [0.15, 0.2) is 0 Å². The summed E-state index contributed by atoms with van der Waals surface area (Å²) in [5.41, 5.74) is 1.32. The van der Waals surface area contributed by atoms with Gasteiger partial charge in [-0.1, -0.05) is 38.1 Å². The van der Waals surface area contributed by atoms with E-state index in [4.69, 9.17) is 16.6 Å². The molecule has 0 unspecified atom stereocenters. The van der Waals surface area contributed by atoms with Crippen molar-refractivity contribution >= 4 is 28.2 Å². The Morgan fingerprint density at radius 1 is 1.30 bits per heavy atom. The lowest BCUT2D eigenvalue weighted by atomic mass is 9.84. The second-order valence-electron chi connectivity index (χ2n) is 6.48. The SMILES string of the molecule is CC1(C)CCCN(c2nc(CCl)cc3ccccc23)C1. The molecule has 0 radical (unpaired) electrons. The van der Waals surface area contributed by atoms with Crippen LogP contribution < -0.4 is 4.90 Å². The van der Waals surface area contributed by atoms with Gasteiger partial charge in [0.25, 0.3) is 0 Å². The topological polar surface area (TPSA) is 16.1 Å². The van der Waals surface area contributed by atoms with E-state index in [1.807, 2.05) is 0 Å². The molecule has 2 heterocycles. The van der Waals surface area contributed by atoms with Gasteiger partial charge in [0.1, 0.15) is 5.82 Å². The van der Waals surface area contributed by atoms with E-state index in [-0.39, 0.29) is 0 Å². The molecule has 0 atom stereocenters. The van der Waals surface area contributed by atoms with Gasteiger partial charge in [0.2, 0.25) is 0 Å². The van der Waals surface area contributed by atoms with E-state index in [9.17, 15) is 0 Å². The summed E-state index contributed by atoms with van der Waals surface area (Å²) in [4.78, 5) is 7.24. The number of pyridine rings is 1. The van der Waals surface area contributed by atoms with E-state index in [1.54, 1.807) is 0 Å². The van der Waals surface area contributed by atoms with Crippen LogP contribution in [0.15, 0.2) is 30.3 Å². The normalized spacial score (nSPS) is 18.4. The van der Waals surface area contributed by atoms with E-state index < -0.39 is 0 Å². The first-order valence-electron chi connectivity index (χ1n) is 7.29. The van der Waals surface area contributed by atoms with Gasteiger partial charge >= 0.3 is 0 Å². The average molecular weight is 289 g/mol. The number of rotatable bonds is 2. The molecule has 0 aliphatic carbocycles. The minimum absolute atomic E-state index is 0.359.